The van der Waals surface area contributed by atoms with E-state index >= 15 is 0 Å². The number of likely N-dealkylation sites (N-methyl/N-ethyl adjacent to an activating group) is 1. The Labute approximate surface area is 647 Å². The van der Waals surface area contributed by atoms with E-state index in [9.17, 15) is 22.8 Å². The average Bonchev–Trinajstić information content (AvgIpc) is 1.63. The van der Waals surface area contributed by atoms with E-state index in [1.54, 1.807) is 99.2 Å². The molecule has 12 heterocycles. The number of carbonyl (C=O) groups is 2. The second-order valence-electron chi connectivity index (χ2n) is 26.8. The molecule has 6 aromatic carbocycles. The molecule has 0 saturated heterocycles. The van der Waals surface area contributed by atoms with Crippen LogP contribution in [-0.2, 0) is 55.0 Å². The maximum absolute atomic E-state index is 13.1. The number of nitrogens with one attached hydrogen (secondary N) is 5. The minimum atomic E-state index is -4.38. The van der Waals surface area contributed by atoms with Gasteiger partial charge in [-0.25, -0.2) is 59.8 Å². The molecule has 0 radical (unpaired) electrons. The number of amides is 2. The number of nitrogens with zero attached hydrogens (tertiary/aromatic N) is 18. The summed E-state index contributed by atoms with van der Waals surface area (Å²) in [5.74, 6) is 22.7. The molecule has 19 rings (SSSR count). The molecule has 27 nitrogen and oxygen atoms in total. The average molecular weight is 1510 g/mol. The molecule has 1 aliphatic carbocycles. The van der Waals surface area contributed by atoms with Gasteiger partial charge in [-0.15, -0.1) is 0 Å². The van der Waals surface area contributed by atoms with Crippen LogP contribution in [-0.4, -0.2) is 129 Å². The molecule has 2 amide bonds. The van der Waals surface area contributed by atoms with Gasteiger partial charge in [0.25, 0.3) is 11.8 Å². The van der Waals surface area contributed by atoms with Crippen LogP contribution in [0.3, 0.4) is 0 Å². The molecular weight excluding hydrogens is 1450 g/mol. The number of ether oxygens (including phenoxy) is 2. The predicted octanol–water partition coefficient (Wildman–Crippen LogP) is 11.0. The predicted molar refractivity (Wildman–Crippen MR) is 416 cm³/mol. The van der Waals surface area contributed by atoms with Crippen LogP contribution in [0.25, 0.3) is 67.3 Å². The van der Waals surface area contributed by atoms with Crippen molar-refractivity contribution in [2.24, 2.45) is 0 Å². The minimum absolute atomic E-state index is 0.0206. The largest absolute Gasteiger partial charge is 0.484 e. The Morgan fingerprint density at radius 1 is 0.421 bits per heavy atom. The van der Waals surface area contributed by atoms with Gasteiger partial charge in [-0.1, -0.05) is 36.0 Å². The summed E-state index contributed by atoms with van der Waals surface area (Å²) in [5.41, 5.74) is 14.2. The Morgan fingerprint density at radius 3 is 1.18 bits per heavy atom. The number of benzene rings is 6. The highest BCUT2D eigenvalue weighted by Crippen LogP contribution is 2.36. The van der Waals surface area contributed by atoms with Crippen molar-refractivity contribution in [3.8, 4) is 81.6 Å². The zero-order valence-electron chi connectivity index (χ0n) is 60.5. The molecule has 0 atom stereocenters. The zero-order valence-corrected chi connectivity index (χ0v) is 60.5. The van der Waals surface area contributed by atoms with E-state index in [1.165, 1.54) is 17.7 Å². The molecule has 114 heavy (non-hydrogen) atoms. The van der Waals surface area contributed by atoms with Gasteiger partial charge in [0, 0.05) is 122 Å². The quantitative estimate of drug-likeness (QED) is 0.0670. The lowest BCUT2D eigenvalue weighted by Gasteiger charge is -2.15. The van der Waals surface area contributed by atoms with Gasteiger partial charge >= 0.3 is 6.18 Å². The molecule has 5 N–H and O–H groups in total. The molecule has 0 spiro atoms. The molecule has 30 heteroatoms. The lowest BCUT2D eigenvalue weighted by Crippen LogP contribution is -2.30. The van der Waals surface area contributed by atoms with E-state index in [0.717, 1.165) is 90.6 Å². The molecular formula is C84H62F3N23O4. The minimum Gasteiger partial charge on any atom is -0.484 e. The smallest absolute Gasteiger partial charge is 0.416 e. The van der Waals surface area contributed by atoms with Gasteiger partial charge in [0.05, 0.1) is 40.7 Å². The van der Waals surface area contributed by atoms with Crippen molar-refractivity contribution in [1.29, 1.82) is 0 Å². The van der Waals surface area contributed by atoms with Crippen molar-refractivity contribution < 1.29 is 32.2 Å². The number of alkyl halides is 3. The van der Waals surface area contributed by atoms with Crippen molar-refractivity contribution in [2.45, 2.75) is 64.3 Å². The number of hydrogen-bond acceptors (Lipinski definition) is 22. The van der Waals surface area contributed by atoms with Crippen LogP contribution in [0.1, 0.15) is 85.6 Å². The van der Waals surface area contributed by atoms with Gasteiger partial charge in [0.1, 0.15) is 45.7 Å². The topological polar surface area (TPSA) is 327 Å². The van der Waals surface area contributed by atoms with Crippen LogP contribution in [0.4, 0.5) is 31.0 Å². The van der Waals surface area contributed by atoms with E-state index in [4.69, 9.17) is 19.4 Å². The monoisotopic (exact) mass is 1510 g/mol. The Hall–Kier alpha value is -15.4. The first-order valence-electron chi connectivity index (χ1n) is 36.0. The third-order valence-electron chi connectivity index (χ3n) is 18.8. The highest BCUT2D eigenvalue weighted by atomic mass is 19.4. The fraction of sp³-hybridized carbons (Fsp3) is 0.155. The van der Waals surface area contributed by atoms with Crippen LogP contribution in [0, 0.1) is 35.5 Å². The number of halogens is 3. The van der Waals surface area contributed by atoms with Crippen LogP contribution < -0.4 is 34.8 Å². The summed E-state index contributed by atoms with van der Waals surface area (Å²) < 4.78 is 50.6. The fourth-order valence-electron chi connectivity index (χ4n) is 12.8. The lowest BCUT2D eigenvalue weighted by molar-refractivity contribution is -0.137. The Kier molecular flexibility index (Phi) is 19.9. The number of hydrogen-bond donors (Lipinski definition) is 5. The second-order valence-corrected chi connectivity index (χ2v) is 26.8. The van der Waals surface area contributed by atoms with Crippen LogP contribution in [0.5, 0.6) is 11.5 Å². The van der Waals surface area contributed by atoms with Gasteiger partial charge in [-0.3, -0.25) is 24.9 Å². The van der Waals surface area contributed by atoms with Crippen LogP contribution >= 0.6 is 0 Å². The molecule has 3 aliphatic heterocycles. The zero-order chi connectivity index (χ0) is 77.5. The SMILES string of the molecule is CNC(=O)COc1ccc2c(c1)CN(c1nccc(-c3nccc(C#Cc4ccc5[nH]ncc5c4)n3)n1)C2.FC(F)(F)c1ccc2c(c1)CN(c1nccc(-c3nccc(C#Cc4ccc5[nH]ncc5c4)n3)n1)C2.O=C(COc1ccc2c(c1)CN(c1nccc(-c3nccc(C#Cc4ccc5[nH]ncc5c4)n3)n1)C2)NC1CC1. The van der Waals surface area contributed by atoms with Crippen molar-refractivity contribution in [3.05, 3.63) is 274 Å². The second kappa shape index (κ2) is 31.7. The Bertz CT molecular complexity index is 6410. The third kappa shape index (κ3) is 16.9. The normalized spacial score (nSPS) is 13.0. The summed E-state index contributed by atoms with van der Waals surface area (Å²) in [4.78, 5) is 83.7. The third-order valence-corrected chi connectivity index (χ3v) is 18.8. The first-order valence-corrected chi connectivity index (χ1v) is 36.0. The number of aromatic nitrogens is 18. The van der Waals surface area contributed by atoms with Gasteiger partial charge in [-0.2, -0.15) is 28.5 Å². The summed E-state index contributed by atoms with van der Waals surface area (Å²) in [6.45, 7) is 3.32. The van der Waals surface area contributed by atoms with Crippen molar-refractivity contribution in [3.63, 3.8) is 0 Å². The van der Waals surface area contributed by atoms with E-state index < -0.39 is 11.7 Å². The van der Waals surface area contributed by atoms with Crippen LogP contribution in [0.2, 0.25) is 0 Å². The van der Waals surface area contributed by atoms with Crippen molar-refractivity contribution >= 4 is 62.4 Å². The first kappa shape index (κ1) is 71.5. The summed E-state index contributed by atoms with van der Waals surface area (Å²) >= 11 is 0. The molecule has 15 aromatic rings. The Morgan fingerprint density at radius 2 is 0.789 bits per heavy atom. The lowest BCUT2D eigenvalue weighted by atomic mass is 10.1. The summed E-state index contributed by atoms with van der Waals surface area (Å²) in [5, 5.41) is 29.4. The number of rotatable bonds is 13. The summed E-state index contributed by atoms with van der Waals surface area (Å²) in [6.07, 6.45) is 13.0. The van der Waals surface area contributed by atoms with Crippen molar-refractivity contribution in [1.82, 2.24) is 101 Å². The Balaban J connectivity index is 0.000000124. The van der Waals surface area contributed by atoms with Gasteiger partial charge in [0.15, 0.2) is 30.7 Å². The number of carbonyl (C=O) groups excluding carboxylic acids is 2. The van der Waals surface area contributed by atoms with E-state index in [-0.39, 0.29) is 31.6 Å². The molecule has 9 aromatic heterocycles. The highest BCUT2D eigenvalue weighted by Gasteiger charge is 2.33. The molecule has 1 saturated carbocycles. The maximum Gasteiger partial charge on any atom is 0.416 e. The van der Waals surface area contributed by atoms with E-state index in [0.29, 0.717) is 125 Å². The molecule has 0 unspecified atom stereocenters. The van der Waals surface area contributed by atoms with Gasteiger partial charge in [-0.05, 0) is 191 Å². The van der Waals surface area contributed by atoms with Crippen molar-refractivity contribution in [2.75, 3.05) is 35.0 Å². The number of H-pyrrole nitrogens is 3. The highest BCUT2D eigenvalue weighted by molar-refractivity contribution is 5.82. The number of anilines is 3. The van der Waals surface area contributed by atoms with E-state index in [2.05, 4.69) is 136 Å². The standard InChI is InChI=1S/C30H24N8O2.C28H22N8O2.C26H16F3N7/c39-28(34-23-5-6-23)18-40-25-7-3-20-16-38(17-22(20)14-25)30-32-12-10-27(36-30)29-31-11-9-24(35-29)4-1-19-2-8-26-21(13-19)15-33-37-26;1-29-26(37)17-38-23-6-4-19-15-36(16-21(19)13-23)28-31-11-9-25(34-28)27-30-10-8-22(33-27)5-2-18-3-7-24-20(12-18)14-32-35-24;27-26(28,29)20-4-3-17-14-36(15-19(17)12-20)25-31-10-8-23(34-25)24-30-9-7-21(33-24)5-1-16-2-6-22-18(11-16)13-32-35-22/h2-3,7-15,23H,5-6,16-18H2,(H,33,37)(H,34,39);3-4,6-14H,15-17H2,1H3,(H,29,37)(H,32,35);2-4,6-13H,14-15H2,(H,32,35). The fourth-order valence-corrected chi connectivity index (χ4v) is 12.8. The molecule has 4 aliphatic rings. The van der Waals surface area contributed by atoms with E-state index in [1.807, 2.05) is 95.9 Å². The van der Waals surface area contributed by atoms with Gasteiger partial charge in [0.2, 0.25) is 17.8 Å². The summed E-state index contributed by atoms with van der Waals surface area (Å²) in [6, 6.07) is 43.9. The van der Waals surface area contributed by atoms with Gasteiger partial charge < -0.3 is 34.8 Å². The molecule has 1 fully saturated rings. The number of fused-ring (bicyclic) bond motifs is 6. The first-order chi connectivity index (χ1) is 55.7. The summed E-state index contributed by atoms with van der Waals surface area (Å²) in [7, 11) is 1.58. The van der Waals surface area contributed by atoms with Crippen LogP contribution in [0.15, 0.2) is 201 Å². The molecule has 558 valence electrons. The maximum atomic E-state index is 13.1. The number of aromatic amines is 3. The molecule has 0 bridgehead atoms.